The first-order valence-electron chi connectivity index (χ1n) is 5.69. The molecular formula is C12H13BrF3NO. The van der Waals surface area contributed by atoms with Gasteiger partial charge in [0.05, 0.1) is 11.7 Å². The fraction of sp³-hybridized carbons (Fsp3) is 0.500. The van der Waals surface area contributed by atoms with Gasteiger partial charge >= 0.3 is 6.18 Å². The molecular weight excluding hydrogens is 311 g/mol. The Labute approximate surface area is 112 Å². The average Bonchev–Trinajstić information content (AvgIpc) is 2.79. The molecule has 1 aliphatic heterocycles. The van der Waals surface area contributed by atoms with Crippen molar-refractivity contribution in [1.29, 1.82) is 0 Å². The third-order valence-corrected chi connectivity index (χ3v) is 3.52. The smallest absolute Gasteiger partial charge is 0.382 e. The Balaban J connectivity index is 2.04. The molecule has 100 valence electrons. The predicted molar refractivity (Wildman–Crippen MR) is 66.6 cm³/mol. The highest BCUT2D eigenvalue weighted by Crippen LogP contribution is 2.36. The highest BCUT2D eigenvalue weighted by Gasteiger charge is 2.33. The summed E-state index contributed by atoms with van der Waals surface area (Å²) >= 11 is 2.91. The van der Waals surface area contributed by atoms with E-state index in [0.29, 0.717) is 12.2 Å². The normalized spacial score (nSPS) is 20.1. The fourth-order valence-electron chi connectivity index (χ4n) is 1.89. The van der Waals surface area contributed by atoms with Crippen LogP contribution in [0.15, 0.2) is 22.7 Å². The van der Waals surface area contributed by atoms with Gasteiger partial charge in [-0.15, -0.1) is 0 Å². The molecule has 1 N–H and O–H groups in total. The molecule has 0 aromatic heterocycles. The van der Waals surface area contributed by atoms with Gasteiger partial charge in [0.15, 0.2) is 0 Å². The minimum Gasteiger partial charge on any atom is -0.382 e. The van der Waals surface area contributed by atoms with Crippen molar-refractivity contribution in [1.82, 2.24) is 0 Å². The van der Waals surface area contributed by atoms with Crippen LogP contribution in [0.4, 0.5) is 18.9 Å². The van der Waals surface area contributed by atoms with Crippen LogP contribution in [0.3, 0.4) is 0 Å². The van der Waals surface area contributed by atoms with E-state index in [-0.39, 0.29) is 10.6 Å². The molecule has 6 heteroatoms. The first-order chi connectivity index (χ1) is 8.47. The van der Waals surface area contributed by atoms with Gasteiger partial charge in [-0.25, -0.2) is 0 Å². The van der Waals surface area contributed by atoms with E-state index < -0.39 is 11.7 Å². The second-order valence-corrected chi connectivity index (χ2v) is 5.06. The Morgan fingerprint density at radius 2 is 2.17 bits per heavy atom. The number of halogens is 4. The molecule has 1 unspecified atom stereocenters. The molecule has 0 aliphatic carbocycles. The summed E-state index contributed by atoms with van der Waals surface area (Å²) in [6, 6.07) is 4.13. The first-order valence-corrected chi connectivity index (χ1v) is 6.48. The summed E-state index contributed by atoms with van der Waals surface area (Å²) in [5.74, 6) is 0. The van der Waals surface area contributed by atoms with Crippen molar-refractivity contribution < 1.29 is 17.9 Å². The van der Waals surface area contributed by atoms with Gasteiger partial charge in [0.1, 0.15) is 0 Å². The van der Waals surface area contributed by atoms with Crippen LogP contribution < -0.4 is 5.32 Å². The van der Waals surface area contributed by atoms with Crippen LogP contribution >= 0.6 is 15.9 Å². The lowest BCUT2D eigenvalue weighted by molar-refractivity contribution is -0.138. The molecule has 1 aromatic rings. The Hall–Kier alpha value is -0.750. The lowest BCUT2D eigenvalue weighted by Crippen LogP contribution is -2.18. The van der Waals surface area contributed by atoms with Gasteiger partial charge in [0.2, 0.25) is 0 Å². The molecule has 0 bridgehead atoms. The van der Waals surface area contributed by atoms with E-state index in [4.69, 9.17) is 4.74 Å². The van der Waals surface area contributed by atoms with Crippen LogP contribution in [0, 0.1) is 0 Å². The van der Waals surface area contributed by atoms with E-state index in [2.05, 4.69) is 21.2 Å². The van der Waals surface area contributed by atoms with Crippen molar-refractivity contribution in [3.05, 3.63) is 28.2 Å². The maximum absolute atomic E-state index is 12.7. The Kier molecular flexibility index (Phi) is 4.17. The molecule has 2 nitrogen and oxygen atoms in total. The van der Waals surface area contributed by atoms with Crippen LogP contribution in [0.25, 0.3) is 0 Å². The average molecular weight is 324 g/mol. The zero-order valence-corrected chi connectivity index (χ0v) is 11.1. The van der Waals surface area contributed by atoms with Gasteiger partial charge in [-0.2, -0.15) is 13.2 Å². The van der Waals surface area contributed by atoms with E-state index >= 15 is 0 Å². The zero-order chi connectivity index (χ0) is 13.2. The van der Waals surface area contributed by atoms with E-state index in [0.717, 1.165) is 25.5 Å². The molecule has 1 atom stereocenters. The first kappa shape index (κ1) is 13.7. The van der Waals surface area contributed by atoms with Gasteiger partial charge in [-0.3, -0.25) is 0 Å². The molecule has 0 saturated carbocycles. The topological polar surface area (TPSA) is 21.3 Å². The lowest BCUT2D eigenvalue weighted by atomic mass is 10.2. The maximum Gasteiger partial charge on any atom is 0.417 e. The molecule has 1 aromatic carbocycles. The Morgan fingerprint density at radius 1 is 1.39 bits per heavy atom. The molecule has 0 spiro atoms. The highest BCUT2D eigenvalue weighted by molar-refractivity contribution is 9.10. The number of ether oxygens (including phenoxy) is 1. The monoisotopic (exact) mass is 323 g/mol. The third-order valence-electron chi connectivity index (χ3n) is 2.83. The number of hydrogen-bond acceptors (Lipinski definition) is 2. The van der Waals surface area contributed by atoms with E-state index in [1.165, 1.54) is 6.07 Å². The van der Waals surface area contributed by atoms with Crippen LogP contribution in [0.2, 0.25) is 0 Å². The predicted octanol–water partition coefficient (Wildman–Crippen LogP) is 4.06. The van der Waals surface area contributed by atoms with Crippen LogP contribution in [0.1, 0.15) is 18.4 Å². The molecule has 1 aliphatic rings. The van der Waals surface area contributed by atoms with Crippen LogP contribution in [-0.4, -0.2) is 19.3 Å². The van der Waals surface area contributed by atoms with Gasteiger partial charge in [0, 0.05) is 23.3 Å². The summed E-state index contributed by atoms with van der Waals surface area (Å²) in [5, 5.41) is 2.98. The molecule has 18 heavy (non-hydrogen) atoms. The number of alkyl halides is 3. The number of anilines is 1. The second kappa shape index (κ2) is 5.48. The second-order valence-electron chi connectivity index (χ2n) is 4.21. The third kappa shape index (κ3) is 3.38. The molecule has 1 heterocycles. The quantitative estimate of drug-likeness (QED) is 0.905. The van der Waals surface area contributed by atoms with Crippen molar-refractivity contribution in [3.63, 3.8) is 0 Å². The minimum absolute atomic E-state index is 0.0534. The number of benzene rings is 1. The summed E-state index contributed by atoms with van der Waals surface area (Å²) < 4.78 is 43.5. The lowest BCUT2D eigenvalue weighted by Gasteiger charge is -2.14. The van der Waals surface area contributed by atoms with Crippen LogP contribution in [0.5, 0.6) is 0 Å². The molecule has 0 radical (unpaired) electrons. The Morgan fingerprint density at radius 3 is 2.78 bits per heavy atom. The summed E-state index contributed by atoms with van der Waals surface area (Å²) in [6.07, 6.45) is -2.28. The SMILES string of the molecule is FC(F)(F)c1cc(NCC2CCCO2)ccc1Br. The van der Waals surface area contributed by atoms with Crippen molar-refractivity contribution >= 4 is 21.6 Å². The van der Waals surface area contributed by atoms with Crippen LogP contribution in [-0.2, 0) is 10.9 Å². The summed E-state index contributed by atoms with van der Waals surface area (Å²) in [5.41, 5.74) is -0.208. The van der Waals surface area contributed by atoms with Crippen molar-refractivity contribution in [2.75, 3.05) is 18.5 Å². The summed E-state index contributed by atoms with van der Waals surface area (Å²) in [7, 11) is 0. The fourth-order valence-corrected chi connectivity index (χ4v) is 2.36. The van der Waals surface area contributed by atoms with E-state index in [9.17, 15) is 13.2 Å². The van der Waals surface area contributed by atoms with Gasteiger partial charge in [-0.05, 0) is 31.0 Å². The van der Waals surface area contributed by atoms with Gasteiger partial charge in [0.25, 0.3) is 0 Å². The standard InChI is InChI=1S/C12H13BrF3NO/c13-11-4-3-8(6-10(11)12(14,15)16)17-7-9-2-1-5-18-9/h3-4,6,9,17H,1-2,5,7H2. The van der Waals surface area contributed by atoms with Gasteiger partial charge < -0.3 is 10.1 Å². The number of rotatable bonds is 3. The maximum atomic E-state index is 12.7. The van der Waals surface area contributed by atoms with E-state index in [1.54, 1.807) is 6.07 Å². The molecule has 0 amide bonds. The molecule has 1 fully saturated rings. The molecule has 1 saturated heterocycles. The minimum atomic E-state index is -4.35. The van der Waals surface area contributed by atoms with Crippen molar-refractivity contribution in [3.8, 4) is 0 Å². The highest BCUT2D eigenvalue weighted by atomic mass is 79.9. The Bertz CT molecular complexity index is 416. The van der Waals surface area contributed by atoms with Gasteiger partial charge in [-0.1, -0.05) is 15.9 Å². The van der Waals surface area contributed by atoms with Crippen molar-refractivity contribution in [2.45, 2.75) is 25.1 Å². The number of nitrogens with one attached hydrogen (secondary N) is 1. The van der Waals surface area contributed by atoms with Crippen molar-refractivity contribution in [2.24, 2.45) is 0 Å². The zero-order valence-electron chi connectivity index (χ0n) is 9.56. The van der Waals surface area contributed by atoms with E-state index in [1.807, 2.05) is 0 Å². The summed E-state index contributed by atoms with van der Waals surface area (Å²) in [6.45, 7) is 1.28. The number of hydrogen-bond donors (Lipinski definition) is 1. The molecule has 2 rings (SSSR count). The summed E-state index contributed by atoms with van der Waals surface area (Å²) in [4.78, 5) is 0. The largest absolute Gasteiger partial charge is 0.417 e.